The van der Waals surface area contributed by atoms with Crippen LogP contribution in [0.3, 0.4) is 0 Å². The second kappa shape index (κ2) is 6.99. The van der Waals surface area contributed by atoms with Gasteiger partial charge in [0.15, 0.2) is 0 Å². The molecule has 27 heavy (non-hydrogen) atoms. The van der Waals surface area contributed by atoms with Crippen LogP contribution in [0.5, 0.6) is 0 Å². The Morgan fingerprint density at radius 2 is 1.93 bits per heavy atom. The number of benzene rings is 2. The molecule has 2 amide bonds. The fourth-order valence-electron chi connectivity index (χ4n) is 3.09. The second-order valence-electron chi connectivity index (χ2n) is 6.42. The summed E-state index contributed by atoms with van der Waals surface area (Å²) in [7, 11) is 0. The van der Waals surface area contributed by atoms with Gasteiger partial charge in [-0.3, -0.25) is 9.59 Å². The van der Waals surface area contributed by atoms with Crippen molar-refractivity contribution < 1.29 is 14.0 Å². The molecule has 2 aromatic heterocycles. The largest absolute Gasteiger partial charge is 0.467 e. The third-order valence-electron chi connectivity index (χ3n) is 4.53. The lowest BCUT2D eigenvalue weighted by Crippen LogP contribution is -2.44. The number of carbonyl (C=O) groups is 2. The SMILES string of the molecule is CC(NC(=O)c1cc2c(ccc3ccccc32)[nH]1)C(=O)NCc1ccco1. The molecule has 0 saturated carbocycles. The Kier molecular flexibility index (Phi) is 4.38. The molecule has 6 heteroatoms. The van der Waals surface area contributed by atoms with Crippen molar-refractivity contribution in [3.63, 3.8) is 0 Å². The number of nitrogens with one attached hydrogen (secondary N) is 3. The number of fused-ring (bicyclic) bond motifs is 3. The Morgan fingerprint density at radius 3 is 2.74 bits per heavy atom. The molecule has 4 aromatic rings. The van der Waals surface area contributed by atoms with Crippen LogP contribution >= 0.6 is 0 Å². The van der Waals surface area contributed by atoms with Crippen LogP contribution in [0.25, 0.3) is 21.7 Å². The van der Waals surface area contributed by atoms with Crippen LogP contribution in [-0.2, 0) is 11.3 Å². The van der Waals surface area contributed by atoms with Crippen LogP contribution in [0.1, 0.15) is 23.2 Å². The third-order valence-corrected chi connectivity index (χ3v) is 4.53. The molecule has 0 aliphatic carbocycles. The van der Waals surface area contributed by atoms with Crippen LogP contribution < -0.4 is 10.6 Å². The molecule has 1 unspecified atom stereocenters. The normalized spacial score (nSPS) is 12.2. The zero-order chi connectivity index (χ0) is 18.8. The van der Waals surface area contributed by atoms with Gasteiger partial charge in [-0.2, -0.15) is 0 Å². The standard InChI is InChI=1S/C21H19N3O3/c1-13(20(25)22-12-15-6-4-10-27-15)23-21(26)19-11-17-16-7-3-2-5-14(16)8-9-18(17)24-19/h2-11,13,24H,12H2,1H3,(H,22,25)(H,23,26). The van der Waals surface area contributed by atoms with E-state index < -0.39 is 6.04 Å². The Labute approximate surface area is 155 Å². The Morgan fingerprint density at radius 1 is 1.07 bits per heavy atom. The molecule has 0 fully saturated rings. The maximum absolute atomic E-state index is 12.6. The summed E-state index contributed by atoms with van der Waals surface area (Å²) in [5, 5.41) is 8.63. The van der Waals surface area contributed by atoms with E-state index in [4.69, 9.17) is 4.42 Å². The van der Waals surface area contributed by atoms with Gasteiger partial charge in [-0.15, -0.1) is 0 Å². The highest BCUT2D eigenvalue weighted by molar-refractivity contribution is 6.10. The van der Waals surface area contributed by atoms with Crippen LogP contribution in [-0.4, -0.2) is 22.8 Å². The van der Waals surface area contributed by atoms with Crippen molar-refractivity contribution in [2.45, 2.75) is 19.5 Å². The van der Waals surface area contributed by atoms with E-state index in [0.717, 1.165) is 21.7 Å². The number of hydrogen-bond donors (Lipinski definition) is 3. The van der Waals surface area contributed by atoms with Crippen molar-refractivity contribution in [3.05, 3.63) is 72.3 Å². The zero-order valence-electron chi connectivity index (χ0n) is 14.8. The number of furan rings is 1. The van der Waals surface area contributed by atoms with Crippen molar-refractivity contribution in [2.75, 3.05) is 0 Å². The summed E-state index contributed by atoms with van der Waals surface area (Å²) in [6, 6.07) is 16.7. The molecule has 6 nitrogen and oxygen atoms in total. The highest BCUT2D eigenvalue weighted by Gasteiger charge is 2.18. The predicted octanol–water partition coefficient (Wildman–Crippen LogP) is 3.35. The van der Waals surface area contributed by atoms with Gasteiger partial charge in [-0.1, -0.05) is 30.3 Å². The molecule has 0 aliphatic rings. The van der Waals surface area contributed by atoms with Crippen molar-refractivity contribution in [3.8, 4) is 0 Å². The quantitative estimate of drug-likeness (QED) is 0.509. The fourth-order valence-corrected chi connectivity index (χ4v) is 3.09. The summed E-state index contributed by atoms with van der Waals surface area (Å²) < 4.78 is 5.18. The predicted molar refractivity (Wildman–Crippen MR) is 103 cm³/mol. The molecule has 0 bridgehead atoms. The molecule has 3 N–H and O–H groups in total. The number of aromatic amines is 1. The molecule has 0 spiro atoms. The molecular formula is C21H19N3O3. The van der Waals surface area contributed by atoms with E-state index in [2.05, 4.69) is 15.6 Å². The molecular weight excluding hydrogens is 342 g/mol. The molecule has 0 saturated heterocycles. The monoisotopic (exact) mass is 361 g/mol. The highest BCUT2D eigenvalue weighted by Crippen LogP contribution is 2.25. The number of hydrogen-bond acceptors (Lipinski definition) is 3. The van der Waals surface area contributed by atoms with E-state index in [1.807, 2.05) is 42.5 Å². The Balaban J connectivity index is 1.47. The first-order chi connectivity index (χ1) is 13.1. The van der Waals surface area contributed by atoms with E-state index >= 15 is 0 Å². The first-order valence-electron chi connectivity index (χ1n) is 8.73. The average molecular weight is 361 g/mol. The average Bonchev–Trinajstić information content (AvgIpc) is 3.35. The Hall–Kier alpha value is -3.54. The van der Waals surface area contributed by atoms with Crippen molar-refractivity contribution >= 4 is 33.5 Å². The smallest absolute Gasteiger partial charge is 0.268 e. The lowest BCUT2D eigenvalue weighted by atomic mass is 10.1. The van der Waals surface area contributed by atoms with E-state index in [1.165, 1.54) is 0 Å². The summed E-state index contributed by atoms with van der Waals surface area (Å²) in [4.78, 5) is 27.9. The van der Waals surface area contributed by atoms with Gasteiger partial charge in [0.1, 0.15) is 17.5 Å². The zero-order valence-corrected chi connectivity index (χ0v) is 14.8. The highest BCUT2D eigenvalue weighted by atomic mass is 16.3. The number of H-pyrrole nitrogens is 1. The number of aromatic nitrogens is 1. The maximum atomic E-state index is 12.6. The molecule has 2 aromatic carbocycles. The summed E-state index contributed by atoms with van der Waals surface area (Å²) in [6.45, 7) is 1.93. The van der Waals surface area contributed by atoms with Crippen LogP contribution in [0.15, 0.2) is 65.3 Å². The lowest BCUT2D eigenvalue weighted by Gasteiger charge is -2.13. The van der Waals surface area contributed by atoms with Crippen molar-refractivity contribution in [1.29, 1.82) is 0 Å². The van der Waals surface area contributed by atoms with Gasteiger partial charge in [-0.05, 0) is 42.0 Å². The van der Waals surface area contributed by atoms with E-state index in [-0.39, 0.29) is 18.4 Å². The summed E-state index contributed by atoms with van der Waals surface area (Å²) >= 11 is 0. The summed E-state index contributed by atoms with van der Waals surface area (Å²) in [6.07, 6.45) is 1.55. The molecule has 0 aliphatic heterocycles. The molecule has 0 radical (unpaired) electrons. The third kappa shape index (κ3) is 3.42. The second-order valence-corrected chi connectivity index (χ2v) is 6.42. The van der Waals surface area contributed by atoms with Crippen molar-refractivity contribution in [1.82, 2.24) is 15.6 Å². The lowest BCUT2D eigenvalue weighted by molar-refractivity contribution is -0.122. The molecule has 2 heterocycles. The first-order valence-corrected chi connectivity index (χ1v) is 8.73. The minimum atomic E-state index is -0.671. The Bertz CT molecular complexity index is 1110. The maximum Gasteiger partial charge on any atom is 0.268 e. The van der Waals surface area contributed by atoms with Crippen LogP contribution in [0.4, 0.5) is 0 Å². The van der Waals surface area contributed by atoms with Gasteiger partial charge in [0.05, 0.1) is 12.8 Å². The summed E-state index contributed by atoms with van der Waals surface area (Å²) in [5.41, 5.74) is 1.31. The van der Waals surface area contributed by atoms with Gasteiger partial charge in [0, 0.05) is 10.9 Å². The van der Waals surface area contributed by atoms with Gasteiger partial charge in [0.25, 0.3) is 5.91 Å². The van der Waals surface area contributed by atoms with Gasteiger partial charge < -0.3 is 20.0 Å². The minimum Gasteiger partial charge on any atom is -0.467 e. The van der Waals surface area contributed by atoms with Gasteiger partial charge in [-0.25, -0.2) is 0 Å². The molecule has 1 atom stereocenters. The summed E-state index contributed by atoms with van der Waals surface area (Å²) in [5.74, 6) is 0.0570. The number of rotatable bonds is 5. The first kappa shape index (κ1) is 16.9. The van der Waals surface area contributed by atoms with Gasteiger partial charge >= 0.3 is 0 Å². The van der Waals surface area contributed by atoms with Crippen LogP contribution in [0.2, 0.25) is 0 Å². The number of amides is 2. The minimum absolute atomic E-state index is 0.277. The van der Waals surface area contributed by atoms with E-state index in [0.29, 0.717) is 11.5 Å². The molecule has 4 rings (SSSR count). The van der Waals surface area contributed by atoms with Crippen LogP contribution in [0, 0.1) is 0 Å². The topological polar surface area (TPSA) is 87.1 Å². The molecule has 136 valence electrons. The number of carbonyl (C=O) groups excluding carboxylic acids is 2. The fraction of sp³-hybridized carbons (Fsp3) is 0.143. The van der Waals surface area contributed by atoms with Gasteiger partial charge in [0.2, 0.25) is 5.91 Å². The van der Waals surface area contributed by atoms with E-state index in [9.17, 15) is 9.59 Å². The van der Waals surface area contributed by atoms with Crippen molar-refractivity contribution in [2.24, 2.45) is 0 Å². The van der Waals surface area contributed by atoms with E-state index in [1.54, 1.807) is 25.3 Å².